The zero-order valence-electron chi connectivity index (χ0n) is 11.3. The Morgan fingerprint density at radius 1 is 1.47 bits per heavy atom. The van der Waals surface area contributed by atoms with Gasteiger partial charge in [-0.2, -0.15) is 5.26 Å². The molecule has 0 spiro atoms. The summed E-state index contributed by atoms with van der Waals surface area (Å²) in [5, 5.41) is 17.3. The predicted molar refractivity (Wildman–Crippen MR) is 69.5 cm³/mol. The average molecular weight is 267 g/mol. The maximum Gasteiger partial charge on any atom is 0.320 e. The summed E-state index contributed by atoms with van der Waals surface area (Å²) in [5.41, 5.74) is 0. The lowest BCUT2D eigenvalue weighted by Gasteiger charge is -2.38. The number of rotatable bonds is 5. The fourth-order valence-corrected chi connectivity index (χ4v) is 2.38. The highest BCUT2D eigenvalue weighted by Crippen LogP contribution is 2.22. The summed E-state index contributed by atoms with van der Waals surface area (Å²) in [6.07, 6.45) is 3.78. The highest BCUT2D eigenvalue weighted by atomic mass is 16.4. The third kappa shape index (κ3) is 4.78. The quantitative estimate of drug-likeness (QED) is 0.821. The van der Waals surface area contributed by atoms with E-state index in [1.807, 2.05) is 6.07 Å². The molecule has 6 nitrogen and oxygen atoms in total. The van der Waals surface area contributed by atoms with E-state index in [9.17, 15) is 9.59 Å². The van der Waals surface area contributed by atoms with E-state index >= 15 is 0 Å². The van der Waals surface area contributed by atoms with Crippen molar-refractivity contribution in [2.45, 2.75) is 44.6 Å². The van der Waals surface area contributed by atoms with E-state index in [2.05, 4.69) is 0 Å². The van der Waals surface area contributed by atoms with Crippen molar-refractivity contribution in [3.8, 4) is 6.07 Å². The first kappa shape index (κ1) is 15.3. The van der Waals surface area contributed by atoms with Crippen molar-refractivity contribution < 1.29 is 14.7 Å². The minimum Gasteiger partial charge on any atom is -0.481 e. The number of nitrogens with zero attached hydrogens (tertiary/aromatic N) is 3. The van der Waals surface area contributed by atoms with Gasteiger partial charge in [-0.1, -0.05) is 0 Å². The minimum absolute atomic E-state index is 0.0156. The molecule has 19 heavy (non-hydrogen) atoms. The molecule has 6 heteroatoms. The Balaban J connectivity index is 2.57. The standard InChI is InChI=1S/C13H21N3O3/c1-15(9-4-8-14)13(19)16-10-3-2-5-11(16)6-7-12(17)18/h11H,2-7,9-10H2,1H3,(H,17,18). The van der Waals surface area contributed by atoms with Gasteiger partial charge in [0.05, 0.1) is 12.5 Å². The topological polar surface area (TPSA) is 84.6 Å². The number of hydrogen-bond acceptors (Lipinski definition) is 3. The Morgan fingerprint density at radius 3 is 2.84 bits per heavy atom. The SMILES string of the molecule is CN(CCC#N)C(=O)N1CCCCC1CCC(=O)O. The number of aliphatic carboxylic acids is 1. The Hall–Kier alpha value is -1.77. The lowest BCUT2D eigenvalue weighted by atomic mass is 9.98. The average Bonchev–Trinajstić information content (AvgIpc) is 2.42. The van der Waals surface area contributed by atoms with Gasteiger partial charge < -0.3 is 14.9 Å². The first-order valence-corrected chi connectivity index (χ1v) is 6.66. The highest BCUT2D eigenvalue weighted by Gasteiger charge is 2.28. The summed E-state index contributed by atoms with van der Waals surface area (Å²) in [6.45, 7) is 1.09. The first-order valence-electron chi connectivity index (χ1n) is 6.66. The van der Waals surface area contributed by atoms with Crippen LogP contribution in [0.4, 0.5) is 4.79 Å². The minimum atomic E-state index is -0.823. The van der Waals surface area contributed by atoms with Crippen molar-refractivity contribution in [3.63, 3.8) is 0 Å². The number of amides is 2. The van der Waals surface area contributed by atoms with Gasteiger partial charge >= 0.3 is 12.0 Å². The van der Waals surface area contributed by atoms with Crippen LogP contribution in [0.2, 0.25) is 0 Å². The van der Waals surface area contributed by atoms with Crippen LogP contribution in [0.25, 0.3) is 0 Å². The van der Waals surface area contributed by atoms with Crippen LogP contribution in [0.5, 0.6) is 0 Å². The molecule has 0 radical (unpaired) electrons. The van der Waals surface area contributed by atoms with Gasteiger partial charge in [0.2, 0.25) is 0 Å². The molecular weight excluding hydrogens is 246 g/mol. The number of nitriles is 1. The van der Waals surface area contributed by atoms with E-state index in [0.29, 0.717) is 25.9 Å². The smallest absolute Gasteiger partial charge is 0.320 e. The maximum absolute atomic E-state index is 12.3. The number of carbonyl (C=O) groups excluding carboxylic acids is 1. The molecule has 1 N–H and O–H groups in total. The summed E-state index contributed by atoms with van der Waals surface area (Å²) >= 11 is 0. The predicted octanol–water partition coefficient (Wildman–Crippen LogP) is 1.67. The molecule has 1 unspecified atom stereocenters. The molecule has 0 aromatic rings. The van der Waals surface area contributed by atoms with E-state index in [0.717, 1.165) is 19.3 Å². The monoisotopic (exact) mass is 267 g/mol. The van der Waals surface area contributed by atoms with Crippen molar-refractivity contribution in [2.75, 3.05) is 20.1 Å². The van der Waals surface area contributed by atoms with E-state index in [1.165, 1.54) is 0 Å². The van der Waals surface area contributed by atoms with Gasteiger partial charge in [-0.15, -0.1) is 0 Å². The lowest BCUT2D eigenvalue weighted by molar-refractivity contribution is -0.137. The van der Waals surface area contributed by atoms with Crippen LogP contribution in [0, 0.1) is 11.3 Å². The highest BCUT2D eigenvalue weighted by molar-refractivity contribution is 5.74. The van der Waals surface area contributed by atoms with Gasteiger partial charge in [0.15, 0.2) is 0 Å². The van der Waals surface area contributed by atoms with Crippen LogP contribution >= 0.6 is 0 Å². The number of carbonyl (C=O) groups is 2. The van der Waals surface area contributed by atoms with Gasteiger partial charge in [0.1, 0.15) is 0 Å². The van der Waals surface area contributed by atoms with Gasteiger partial charge in [0.25, 0.3) is 0 Å². The molecule has 1 heterocycles. The summed E-state index contributed by atoms with van der Waals surface area (Å²) < 4.78 is 0. The molecule has 0 saturated carbocycles. The van der Waals surface area contributed by atoms with Crippen LogP contribution in [-0.2, 0) is 4.79 Å². The van der Waals surface area contributed by atoms with Crippen LogP contribution in [0.1, 0.15) is 38.5 Å². The van der Waals surface area contributed by atoms with Crippen LogP contribution in [-0.4, -0.2) is 53.1 Å². The molecule has 0 aromatic carbocycles. The number of likely N-dealkylation sites (tertiary alicyclic amines) is 1. The zero-order valence-corrected chi connectivity index (χ0v) is 11.3. The zero-order chi connectivity index (χ0) is 14.3. The molecule has 1 fully saturated rings. The Labute approximate surface area is 113 Å². The Morgan fingerprint density at radius 2 is 2.21 bits per heavy atom. The van der Waals surface area contributed by atoms with Crippen molar-refractivity contribution in [3.05, 3.63) is 0 Å². The normalized spacial score (nSPS) is 18.7. The third-order valence-corrected chi connectivity index (χ3v) is 3.45. The molecule has 1 aliphatic rings. The van der Waals surface area contributed by atoms with E-state index in [-0.39, 0.29) is 18.5 Å². The molecule has 1 rings (SSSR count). The second kappa shape index (κ2) is 7.62. The van der Waals surface area contributed by atoms with Gasteiger partial charge in [-0.25, -0.2) is 4.79 Å². The number of carboxylic acid groups (broad SMARTS) is 1. The molecule has 1 atom stereocenters. The Bertz CT molecular complexity index is 365. The fraction of sp³-hybridized carbons (Fsp3) is 0.769. The van der Waals surface area contributed by atoms with Crippen LogP contribution in [0.3, 0.4) is 0 Å². The molecule has 2 amide bonds. The largest absolute Gasteiger partial charge is 0.481 e. The van der Waals surface area contributed by atoms with Crippen molar-refractivity contribution >= 4 is 12.0 Å². The number of carboxylic acids is 1. The fourth-order valence-electron chi connectivity index (χ4n) is 2.38. The molecule has 0 bridgehead atoms. The third-order valence-electron chi connectivity index (χ3n) is 3.45. The molecule has 0 aromatic heterocycles. The van der Waals surface area contributed by atoms with Crippen LogP contribution < -0.4 is 0 Å². The Kier molecular flexibility index (Phi) is 6.13. The van der Waals surface area contributed by atoms with E-state index < -0.39 is 5.97 Å². The molecule has 0 aliphatic carbocycles. The van der Waals surface area contributed by atoms with Crippen LogP contribution in [0.15, 0.2) is 0 Å². The second-order valence-corrected chi connectivity index (χ2v) is 4.89. The molecular formula is C13H21N3O3. The number of hydrogen-bond donors (Lipinski definition) is 1. The first-order chi connectivity index (χ1) is 9.06. The van der Waals surface area contributed by atoms with Gasteiger partial charge in [-0.3, -0.25) is 4.79 Å². The second-order valence-electron chi connectivity index (χ2n) is 4.89. The summed E-state index contributed by atoms with van der Waals surface area (Å²) in [7, 11) is 1.68. The number of piperidine rings is 1. The summed E-state index contributed by atoms with van der Waals surface area (Å²) in [4.78, 5) is 26.2. The van der Waals surface area contributed by atoms with Crippen molar-refractivity contribution in [1.82, 2.24) is 9.80 Å². The van der Waals surface area contributed by atoms with Crippen molar-refractivity contribution in [2.24, 2.45) is 0 Å². The molecule has 1 saturated heterocycles. The molecule has 106 valence electrons. The maximum atomic E-state index is 12.3. The summed E-state index contributed by atoms with van der Waals surface area (Å²) in [6, 6.07) is 1.94. The number of urea groups is 1. The van der Waals surface area contributed by atoms with Crippen molar-refractivity contribution in [1.29, 1.82) is 5.26 Å². The van der Waals surface area contributed by atoms with Gasteiger partial charge in [-0.05, 0) is 25.7 Å². The van der Waals surface area contributed by atoms with E-state index in [4.69, 9.17) is 10.4 Å². The van der Waals surface area contributed by atoms with Gasteiger partial charge in [0, 0.05) is 32.6 Å². The summed E-state index contributed by atoms with van der Waals surface area (Å²) in [5.74, 6) is -0.823. The lowest BCUT2D eigenvalue weighted by Crippen LogP contribution is -2.49. The molecule has 1 aliphatic heterocycles. The van der Waals surface area contributed by atoms with E-state index in [1.54, 1.807) is 16.8 Å².